The van der Waals surface area contributed by atoms with Crippen molar-refractivity contribution in [2.45, 2.75) is 63.8 Å². The van der Waals surface area contributed by atoms with E-state index < -0.39 is 41.1 Å². The van der Waals surface area contributed by atoms with Gasteiger partial charge in [0, 0.05) is 6.54 Å². The second-order valence-electron chi connectivity index (χ2n) is 11.1. The lowest BCUT2D eigenvalue weighted by atomic mass is 9.73. The Labute approximate surface area is 228 Å². The van der Waals surface area contributed by atoms with Gasteiger partial charge in [-0.25, -0.2) is 0 Å². The molecule has 2 fully saturated rings. The van der Waals surface area contributed by atoms with Gasteiger partial charge in [-0.3, -0.25) is 14.4 Å². The molecular formula is C29H35ClN2O6. The van der Waals surface area contributed by atoms with E-state index in [1.807, 2.05) is 52.0 Å². The SMILES string of the molecule is CC[C@]12C=CCOC(=O)[C@H]1[C@H]1C(=O)N([C@@H](CO)CC(C)C)C3C(=O)N(c4c(C)cccc4Cl)CC=C[C@@]31O2. The van der Waals surface area contributed by atoms with Crippen LogP contribution in [0, 0.1) is 24.7 Å². The highest BCUT2D eigenvalue weighted by molar-refractivity contribution is 6.34. The number of amides is 2. The van der Waals surface area contributed by atoms with Gasteiger partial charge in [0.15, 0.2) is 0 Å². The second kappa shape index (κ2) is 9.81. The molecule has 2 saturated heterocycles. The van der Waals surface area contributed by atoms with E-state index in [0.29, 0.717) is 23.6 Å². The fraction of sp³-hybridized carbons (Fsp3) is 0.552. The predicted molar refractivity (Wildman–Crippen MR) is 143 cm³/mol. The Morgan fingerprint density at radius 2 is 1.89 bits per heavy atom. The number of anilines is 1. The summed E-state index contributed by atoms with van der Waals surface area (Å²) in [6.45, 7) is 7.78. The first kappa shape index (κ1) is 26.9. The maximum absolute atomic E-state index is 14.6. The van der Waals surface area contributed by atoms with E-state index in [4.69, 9.17) is 21.1 Å². The molecule has 6 atom stereocenters. The van der Waals surface area contributed by atoms with Crippen molar-refractivity contribution < 1.29 is 29.0 Å². The third-order valence-electron chi connectivity index (χ3n) is 8.44. The molecule has 9 heteroatoms. The largest absolute Gasteiger partial charge is 0.461 e. The first-order valence-electron chi connectivity index (χ1n) is 13.3. The maximum atomic E-state index is 14.6. The zero-order valence-electron chi connectivity index (χ0n) is 22.2. The number of aliphatic hydroxyl groups is 1. The molecule has 4 aliphatic heterocycles. The van der Waals surface area contributed by atoms with Crippen LogP contribution in [-0.4, -0.2) is 70.8 Å². The van der Waals surface area contributed by atoms with Crippen molar-refractivity contribution in [1.82, 2.24) is 4.90 Å². The Hall–Kier alpha value is -2.68. The number of carbonyl (C=O) groups excluding carboxylic acids is 3. The van der Waals surface area contributed by atoms with E-state index in [1.165, 1.54) is 4.90 Å². The number of nitrogens with zero attached hydrogens (tertiary/aromatic N) is 2. The molecule has 204 valence electrons. The fourth-order valence-electron chi connectivity index (χ4n) is 6.91. The molecule has 0 aliphatic carbocycles. The zero-order chi connectivity index (χ0) is 27.4. The number of para-hydroxylation sites is 1. The lowest BCUT2D eigenvalue weighted by molar-refractivity contribution is -0.159. The highest BCUT2D eigenvalue weighted by Crippen LogP contribution is 2.59. The summed E-state index contributed by atoms with van der Waals surface area (Å²) in [6.07, 6.45) is 8.09. The number of aliphatic hydroxyl groups excluding tert-OH is 1. The average Bonchev–Trinajstić information content (AvgIpc) is 3.16. The van der Waals surface area contributed by atoms with Gasteiger partial charge in [-0.05, 0) is 43.4 Å². The van der Waals surface area contributed by atoms with Gasteiger partial charge in [0.25, 0.3) is 5.91 Å². The number of benzene rings is 1. The number of likely N-dealkylation sites (tertiary alicyclic amines) is 1. The Morgan fingerprint density at radius 3 is 2.55 bits per heavy atom. The summed E-state index contributed by atoms with van der Waals surface area (Å²) in [5, 5.41) is 10.9. The number of rotatable bonds is 6. The molecular weight excluding hydrogens is 508 g/mol. The van der Waals surface area contributed by atoms with Crippen LogP contribution >= 0.6 is 11.6 Å². The van der Waals surface area contributed by atoms with Crippen LogP contribution in [0.25, 0.3) is 0 Å². The third-order valence-corrected chi connectivity index (χ3v) is 8.74. The number of carbonyl (C=O) groups is 3. The standard InChI is InChI=1S/C29H35ClN2O6/c1-5-28-11-8-14-37-27(36)22(28)21-25(34)32(19(16-33)15-17(2)3)24-26(35)31(13-7-12-29(21,24)38-28)23-18(4)9-6-10-20(23)30/h6-12,17,19,21-22,24,33H,5,13-16H2,1-4H3/t19-,21+,22-,24?,28+,29+/m1/s1. The summed E-state index contributed by atoms with van der Waals surface area (Å²) in [4.78, 5) is 45.5. The Morgan fingerprint density at radius 1 is 1.13 bits per heavy atom. The van der Waals surface area contributed by atoms with Gasteiger partial charge in [0.2, 0.25) is 5.91 Å². The van der Waals surface area contributed by atoms with Gasteiger partial charge in [-0.2, -0.15) is 0 Å². The van der Waals surface area contributed by atoms with Crippen molar-refractivity contribution in [3.8, 4) is 0 Å². The highest BCUT2D eigenvalue weighted by Gasteiger charge is 2.76. The van der Waals surface area contributed by atoms with Gasteiger partial charge in [0.1, 0.15) is 29.8 Å². The lowest BCUT2D eigenvalue weighted by Crippen LogP contribution is -2.59. The summed E-state index contributed by atoms with van der Waals surface area (Å²) >= 11 is 6.60. The summed E-state index contributed by atoms with van der Waals surface area (Å²) in [5.41, 5.74) is -1.12. The molecule has 4 heterocycles. The van der Waals surface area contributed by atoms with E-state index in [-0.39, 0.29) is 37.5 Å². The molecule has 1 spiro atoms. The first-order chi connectivity index (χ1) is 18.1. The predicted octanol–water partition coefficient (Wildman–Crippen LogP) is 3.43. The van der Waals surface area contributed by atoms with Gasteiger partial charge in [-0.1, -0.05) is 62.7 Å². The molecule has 4 aliphatic rings. The van der Waals surface area contributed by atoms with Crippen LogP contribution in [0.4, 0.5) is 5.69 Å². The minimum Gasteiger partial charge on any atom is -0.461 e. The molecule has 1 aromatic rings. The van der Waals surface area contributed by atoms with E-state index in [1.54, 1.807) is 23.1 Å². The zero-order valence-corrected chi connectivity index (χ0v) is 23.0. The van der Waals surface area contributed by atoms with Crippen LogP contribution in [0.5, 0.6) is 0 Å². The molecule has 1 N–H and O–H groups in total. The number of aryl methyl sites for hydroxylation is 1. The van der Waals surface area contributed by atoms with Crippen molar-refractivity contribution in [3.63, 3.8) is 0 Å². The third kappa shape index (κ3) is 3.83. The van der Waals surface area contributed by atoms with E-state index >= 15 is 0 Å². The van der Waals surface area contributed by atoms with Gasteiger partial charge in [0.05, 0.1) is 29.3 Å². The summed E-state index contributed by atoms with van der Waals surface area (Å²) in [6, 6.07) is 3.71. The van der Waals surface area contributed by atoms with Crippen LogP contribution in [0.1, 0.15) is 39.2 Å². The van der Waals surface area contributed by atoms with Crippen molar-refractivity contribution in [1.29, 1.82) is 0 Å². The summed E-state index contributed by atoms with van der Waals surface area (Å²) in [5.74, 6) is -2.99. The van der Waals surface area contributed by atoms with Crippen LogP contribution < -0.4 is 4.90 Å². The fourth-order valence-corrected chi connectivity index (χ4v) is 7.24. The number of hydrogen-bond donors (Lipinski definition) is 1. The number of halogens is 1. The Kier molecular flexibility index (Phi) is 6.95. The maximum Gasteiger partial charge on any atom is 0.313 e. The molecule has 0 bridgehead atoms. The molecule has 2 amide bonds. The van der Waals surface area contributed by atoms with E-state index in [0.717, 1.165) is 5.56 Å². The quantitative estimate of drug-likeness (QED) is 0.437. The molecule has 0 radical (unpaired) electrons. The number of fused-ring (bicyclic) bond motifs is 2. The molecule has 1 aromatic carbocycles. The second-order valence-corrected chi connectivity index (χ2v) is 11.5. The van der Waals surface area contributed by atoms with Crippen molar-refractivity contribution in [3.05, 3.63) is 53.1 Å². The molecule has 1 unspecified atom stereocenters. The minimum atomic E-state index is -1.41. The van der Waals surface area contributed by atoms with Crippen LogP contribution in [0.2, 0.25) is 5.02 Å². The minimum absolute atomic E-state index is 0.0996. The Balaban J connectivity index is 1.72. The van der Waals surface area contributed by atoms with E-state index in [2.05, 4.69) is 0 Å². The van der Waals surface area contributed by atoms with Crippen molar-refractivity contribution >= 4 is 35.1 Å². The Bertz CT molecular complexity index is 1190. The normalized spacial score (nSPS) is 33.1. The average molecular weight is 543 g/mol. The number of ether oxygens (including phenoxy) is 2. The molecule has 0 saturated carbocycles. The van der Waals surface area contributed by atoms with Gasteiger partial charge >= 0.3 is 5.97 Å². The topological polar surface area (TPSA) is 96.4 Å². The number of esters is 1. The summed E-state index contributed by atoms with van der Waals surface area (Å²) in [7, 11) is 0. The molecule has 0 aromatic heterocycles. The van der Waals surface area contributed by atoms with Crippen molar-refractivity contribution in [2.24, 2.45) is 17.8 Å². The van der Waals surface area contributed by atoms with Crippen molar-refractivity contribution in [2.75, 3.05) is 24.7 Å². The number of cyclic esters (lactones) is 1. The first-order valence-corrected chi connectivity index (χ1v) is 13.7. The van der Waals surface area contributed by atoms with E-state index in [9.17, 15) is 19.5 Å². The lowest BCUT2D eigenvalue weighted by Gasteiger charge is -2.41. The van der Waals surface area contributed by atoms with Gasteiger partial charge < -0.3 is 24.4 Å². The highest BCUT2D eigenvalue weighted by atomic mass is 35.5. The summed E-state index contributed by atoms with van der Waals surface area (Å²) < 4.78 is 12.3. The number of hydrogen-bond acceptors (Lipinski definition) is 6. The van der Waals surface area contributed by atoms with Crippen LogP contribution in [0.3, 0.4) is 0 Å². The van der Waals surface area contributed by atoms with Crippen LogP contribution in [0.15, 0.2) is 42.5 Å². The molecule has 38 heavy (non-hydrogen) atoms. The molecule has 8 nitrogen and oxygen atoms in total. The van der Waals surface area contributed by atoms with Crippen LogP contribution in [-0.2, 0) is 23.9 Å². The molecule has 5 rings (SSSR count). The smallest absolute Gasteiger partial charge is 0.313 e. The van der Waals surface area contributed by atoms with Gasteiger partial charge in [-0.15, -0.1) is 0 Å². The monoisotopic (exact) mass is 542 g/mol.